The van der Waals surface area contributed by atoms with Gasteiger partial charge in [-0.3, -0.25) is 4.79 Å². The van der Waals surface area contributed by atoms with Crippen LogP contribution in [0.1, 0.15) is 5.56 Å². The summed E-state index contributed by atoms with van der Waals surface area (Å²) < 4.78 is 0. The summed E-state index contributed by atoms with van der Waals surface area (Å²) in [4.78, 5) is 20.8. The standard InChI is InChI=1S/C17H16Cl3N3O/c18-13-2-1-12(15(20)10-13)9-17(24)23-7-5-22(6-8-23)16-4-3-14(19)11-21-16/h1-4,10-11H,5-9H2. The van der Waals surface area contributed by atoms with E-state index in [0.717, 1.165) is 24.5 Å². The van der Waals surface area contributed by atoms with Crippen molar-refractivity contribution in [3.63, 3.8) is 0 Å². The second-order valence-corrected chi connectivity index (χ2v) is 6.90. The molecule has 3 rings (SSSR count). The number of pyridine rings is 1. The maximum Gasteiger partial charge on any atom is 0.227 e. The Labute approximate surface area is 155 Å². The van der Waals surface area contributed by atoms with Gasteiger partial charge in [0, 0.05) is 42.4 Å². The predicted octanol–water partition coefficient (Wildman–Crippen LogP) is 3.93. The van der Waals surface area contributed by atoms with E-state index in [1.807, 2.05) is 17.0 Å². The van der Waals surface area contributed by atoms with Crippen molar-refractivity contribution in [2.75, 3.05) is 31.1 Å². The van der Waals surface area contributed by atoms with Crippen molar-refractivity contribution >= 4 is 46.5 Å². The molecule has 1 aliphatic rings. The van der Waals surface area contributed by atoms with Crippen molar-refractivity contribution in [2.24, 2.45) is 0 Å². The topological polar surface area (TPSA) is 36.4 Å². The lowest BCUT2D eigenvalue weighted by Crippen LogP contribution is -2.49. The molecule has 4 nitrogen and oxygen atoms in total. The number of benzene rings is 1. The minimum Gasteiger partial charge on any atom is -0.353 e. The second kappa shape index (κ2) is 7.60. The van der Waals surface area contributed by atoms with Gasteiger partial charge in [-0.15, -0.1) is 0 Å². The molecular weight excluding hydrogens is 369 g/mol. The third-order valence-electron chi connectivity index (χ3n) is 4.02. The van der Waals surface area contributed by atoms with Crippen LogP contribution in [-0.2, 0) is 11.2 Å². The van der Waals surface area contributed by atoms with Crippen LogP contribution in [0, 0.1) is 0 Å². The lowest BCUT2D eigenvalue weighted by atomic mass is 10.1. The smallest absolute Gasteiger partial charge is 0.227 e. The molecule has 1 fully saturated rings. The van der Waals surface area contributed by atoms with Crippen LogP contribution >= 0.6 is 34.8 Å². The quantitative estimate of drug-likeness (QED) is 0.804. The molecule has 7 heteroatoms. The van der Waals surface area contributed by atoms with Crippen molar-refractivity contribution in [1.82, 2.24) is 9.88 Å². The number of carbonyl (C=O) groups is 1. The Morgan fingerprint density at radius 2 is 1.71 bits per heavy atom. The zero-order valence-corrected chi connectivity index (χ0v) is 15.2. The molecule has 126 valence electrons. The summed E-state index contributed by atoms with van der Waals surface area (Å²) >= 11 is 17.9. The van der Waals surface area contributed by atoms with Gasteiger partial charge in [0.2, 0.25) is 5.91 Å². The van der Waals surface area contributed by atoms with Gasteiger partial charge in [-0.2, -0.15) is 0 Å². The van der Waals surface area contributed by atoms with Crippen LogP contribution in [0.2, 0.25) is 15.1 Å². The molecule has 24 heavy (non-hydrogen) atoms. The highest BCUT2D eigenvalue weighted by Gasteiger charge is 2.22. The maximum absolute atomic E-state index is 12.5. The second-order valence-electron chi connectivity index (χ2n) is 5.61. The summed E-state index contributed by atoms with van der Waals surface area (Å²) in [5.41, 5.74) is 0.799. The molecule has 1 saturated heterocycles. The van der Waals surface area contributed by atoms with E-state index in [4.69, 9.17) is 34.8 Å². The fourth-order valence-electron chi connectivity index (χ4n) is 2.68. The first-order chi connectivity index (χ1) is 11.5. The van der Waals surface area contributed by atoms with E-state index in [-0.39, 0.29) is 12.3 Å². The summed E-state index contributed by atoms with van der Waals surface area (Å²) in [6, 6.07) is 8.93. The Kier molecular flexibility index (Phi) is 5.49. The lowest BCUT2D eigenvalue weighted by Gasteiger charge is -2.35. The van der Waals surface area contributed by atoms with Crippen LogP contribution in [0.25, 0.3) is 0 Å². The molecule has 0 atom stereocenters. The third kappa shape index (κ3) is 4.12. The summed E-state index contributed by atoms with van der Waals surface area (Å²) in [5, 5.41) is 1.72. The van der Waals surface area contributed by atoms with Crippen molar-refractivity contribution in [3.05, 3.63) is 57.2 Å². The Balaban J connectivity index is 1.58. The zero-order chi connectivity index (χ0) is 17.1. The first kappa shape index (κ1) is 17.3. The molecule has 0 aliphatic carbocycles. The number of aromatic nitrogens is 1. The van der Waals surface area contributed by atoms with Crippen LogP contribution in [0.3, 0.4) is 0 Å². The zero-order valence-electron chi connectivity index (χ0n) is 12.9. The first-order valence-electron chi connectivity index (χ1n) is 7.61. The van der Waals surface area contributed by atoms with Crippen molar-refractivity contribution < 1.29 is 4.79 Å². The van der Waals surface area contributed by atoms with E-state index < -0.39 is 0 Å². The molecule has 2 aromatic rings. The Hall–Kier alpha value is -1.49. The van der Waals surface area contributed by atoms with Crippen molar-refractivity contribution in [3.8, 4) is 0 Å². The van der Waals surface area contributed by atoms with Crippen molar-refractivity contribution in [2.45, 2.75) is 6.42 Å². The monoisotopic (exact) mass is 383 g/mol. The van der Waals surface area contributed by atoms with Gasteiger partial charge in [0.1, 0.15) is 5.82 Å². The minimum absolute atomic E-state index is 0.0722. The Morgan fingerprint density at radius 1 is 1.00 bits per heavy atom. The molecule has 0 unspecified atom stereocenters. The van der Waals surface area contributed by atoms with Crippen LogP contribution < -0.4 is 4.90 Å². The number of carbonyl (C=O) groups excluding carboxylic acids is 1. The summed E-state index contributed by atoms with van der Waals surface area (Å²) in [6.45, 7) is 2.81. The van der Waals surface area contributed by atoms with Gasteiger partial charge >= 0.3 is 0 Å². The molecule has 2 heterocycles. The highest BCUT2D eigenvalue weighted by molar-refractivity contribution is 6.35. The van der Waals surface area contributed by atoms with E-state index in [0.29, 0.717) is 28.2 Å². The fourth-order valence-corrected chi connectivity index (χ4v) is 3.27. The highest BCUT2D eigenvalue weighted by Crippen LogP contribution is 2.22. The van der Waals surface area contributed by atoms with E-state index in [9.17, 15) is 4.79 Å². The highest BCUT2D eigenvalue weighted by atomic mass is 35.5. The van der Waals surface area contributed by atoms with Gasteiger partial charge < -0.3 is 9.80 Å². The predicted molar refractivity (Wildman–Crippen MR) is 98.2 cm³/mol. The van der Waals surface area contributed by atoms with Crippen LogP contribution in [0.15, 0.2) is 36.5 Å². The van der Waals surface area contributed by atoms with Crippen LogP contribution in [0.5, 0.6) is 0 Å². The molecule has 0 bridgehead atoms. The number of anilines is 1. The van der Waals surface area contributed by atoms with Gasteiger partial charge in [-0.25, -0.2) is 4.98 Å². The Morgan fingerprint density at radius 3 is 2.33 bits per heavy atom. The number of hydrogen-bond donors (Lipinski definition) is 0. The molecule has 0 saturated carbocycles. The average Bonchev–Trinajstić information content (AvgIpc) is 2.58. The molecular formula is C17H16Cl3N3O. The minimum atomic E-state index is 0.0722. The maximum atomic E-state index is 12.5. The van der Waals surface area contributed by atoms with E-state index in [1.165, 1.54) is 0 Å². The van der Waals surface area contributed by atoms with Crippen LogP contribution in [0.4, 0.5) is 5.82 Å². The number of amides is 1. The van der Waals surface area contributed by atoms with E-state index >= 15 is 0 Å². The summed E-state index contributed by atoms with van der Waals surface area (Å²) in [7, 11) is 0. The largest absolute Gasteiger partial charge is 0.353 e. The van der Waals surface area contributed by atoms with Gasteiger partial charge in [0.15, 0.2) is 0 Å². The molecule has 1 aromatic heterocycles. The molecule has 1 amide bonds. The van der Waals surface area contributed by atoms with Gasteiger partial charge in [-0.05, 0) is 29.8 Å². The van der Waals surface area contributed by atoms with Crippen LogP contribution in [-0.4, -0.2) is 42.0 Å². The van der Waals surface area contributed by atoms with Gasteiger partial charge in [0.25, 0.3) is 0 Å². The lowest BCUT2D eigenvalue weighted by molar-refractivity contribution is -0.130. The van der Waals surface area contributed by atoms with E-state index in [1.54, 1.807) is 24.4 Å². The SMILES string of the molecule is O=C(Cc1ccc(Cl)cc1Cl)N1CCN(c2ccc(Cl)cn2)CC1. The first-order valence-corrected chi connectivity index (χ1v) is 8.74. The molecule has 1 aliphatic heterocycles. The normalized spacial score (nSPS) is 14.8. The number of rotatable bonds is 3. The molecule has 1 aromatic carbocycles. The molecule has 0 N–H and O–H groups in total. The average molecular weight is 385 g/mol. The fraction of sp³-hybridized carbons (Fsp3) is 0.294. The Bertz CT molecular complexity index is 728. The number of nitrogens with zero attached hydrogens (tertiary/aromatic N) is 3. The number of hydrogen-bond acceptors (Lipinski definition) is 3. The van der Waals surface area contributed by atoms with E-state index in [2.05, 4.69) is 9.88 Å². The molecule has 0 radical (unpaired) electrons. The number of piperazine rings is 1. The number of halogens is 3. The van der Waals surface area contributed by atoms with Gasteiger partial charge in [-0.1, -0.05) is 40.9 Å². The third-order valence-corrected chi connectivity index (χ3v) is 4.84. The van der Waals surface area contributed by atoms with Crippen molar-refractivity contribution in [1.29, 1.82) is 0 Å². The summed E-state index contributed by atoms with van der Waals surface area (Å²) in [5.74, 6) is 0.954. The summed E-state index contributed by atoms with van der Waals surface area (Å²) in [6.07, 6.45) is 1.92. The van der Waals surface area contributed by atoms with Gasteiger partial charge in [0.05, 0.1) is 11.4 Å². The molecule has 0 spiro atoms.